The first-order valence-corrected chi connectivity index (χ1v) is 8.50. The molecule has 3 unspecified atom stereocenters. The molecule has 1 aromatic rings. The summed E-state index contributed by atoms with van der Waals surface area (Å²) in [6.45, 7) is 3.23. The smallest absolute Gasteiger partial charge is 0.0627 e. The molecule has 0 bridgehead atoms. The van der Waals surface area contributed by atoms with Crippen LogP contribution in [0.4, 0.5) is 0 Å². The quantitative estimate of drug-likeness (QED) is 0.913. The lowest BCUT2D eigenvalue weighted by Crippen LogP contribution is -2.31. The molecule has 0 radical (unpaired) electrons. The molecule has 2 saturated carbocycles. The van der Waals surface area contributed by atoms with Crippen LogP contribution in [0.15, 0.2) is 12.3 Å². The van der Waals surface area contributed by atoms with Gasteiger partial charge in [0.1, 0.15) is 0 Å². The minimum Gasteiger partial charge on any atom is -0.330 e. The second-order valence-electron chi connectivity index (χ2n) is 7.10. The Kier molecular flexibility index (Phi) is 4.45. The fourth-order valence-corrected chi connectivity index (χ4v) is 4.25. The SMILES string of the molecule is CC1CCC(CN)C(Cc2ccn(C3CCCC3)n2)C1. The van der Waals surface area contributed by atoms with Crippen molar-refractivity contribution in [2.45, 2.75) is 64.3 Å². The van der Waals surface area contributed by atoms with E-state index in [0.717, 1.165) is 24.8 Å². The van der Waals surface area contributed by atoms with Crippen LogP contribution >= 0.6 is 0 Å². The summed E-state index contributed by atoms with van der Waals surface area (Å²) in [4.78, 5) is 0. The summed E-state index contributed by atoms with van der Waals surface area (Å²) in [7, 11) is 0. The molecule has 20 heavy (non-hydrogen) atoms. The predicted molar refractivity (Wildman–Crippen MR) is 82.5 cm³/mol. The highest BCUT2D eigenvalue weighted by Gasteiger charge is 2.28. The topological polar surface area (TPSA) is 43.8 Å². The standard InChI is InChI=1S/C17H29N3/c1-13-6-7-14(12-18)15(10-13)11-16-8-9-20(19-16)17-4-2-3-5-17/h8-9,13-15,17H,2-7,10-12,18H2,1H3. The summed E-state index contributed by atoms with van der Waals surface area (Å²) in [5.41, 5.74) is 7.26. The van der Waals surface area contributed by atoms with Crippen molar-refractivity contribution in [2.75, 3.05) is 6.54 Å². The first-order chi connectivity index (χ1) is 9.76. The molecule has 0 amide bonds. The van der Waals surface area contributed by atoms with E-state index in [0.29, 0.717) is 12.0 Å². The highest BCUT2D eigenvalue weighted by Crippen LogP contribution is 2.35. The lowest BCUT2D eigenvalue weighted by Gasteiger charge is -2.33. The van der Waals surface area contributed by atoms with Crippen LogP contribution in [-0.2, 0) is 6.42 Å². The van der Waals surface area contributed by atoms with Crippen molar-refractivity contribution in [1.29, 1.82) is 0 Å². The molecule has 0 spiro atoms. The fraction of sp³-hybridized carbons (Fsp3) is 0.824. The van der Waals surface area contributed by atoms with E-state index in [-0.39, 0.29) is 0 Å². The molecule has 3 heteroatoms. The number of nitrogens with zero attached hydrogens (tertiary/aromatic N) is 2. The van der Waals surface area contributed by atoms with Crippen LogP contribution in [0.2, 0.25) is 0 Å². The minimum atomic E-state index is 0.666. The van der Waals surface area contributed by atoms with Gasteiger partial charge in [0.2, 0.25) is 0 Å². The zero-order valence-electron chi connectivity index (χ0n) is 12.8. The third-order valence-electron chi connectivity index (χ3n) is 5.54. The fourth-order valence-electron chi connectivity index (χ4n) is 4.25. The van der Waals surface area contributed by atoms with E-state index in [1.54, 1.807) is 0 Å². The van der Waals surface area contributed by atoms with Crippen LogP contribution in [0, 0.1) is 17.8 Å². The largest absolute Gasteiger partial charge is 0.330 e. The van der Waals surface area contributed by atoms with Gasteiger partial charge >= 0.3 is 0 Å². The zero-order chi connectivity index (χ0) is 13.9. The van der Waals surface area contributed by atoms with E-state index in [4.69, 9.17) is 10.8 Å². The van der Waals surface area contributed by atoms with E-state index in [2.05, 4.69) is 23.9 Å². The van der Waals surface area contributed by atoms with E-state index >= 15 is 0 Å². The highest BCUT2D eigenvalue weighted by molar-refractivity contribution is 5.03. The molecule has 1 heterocycles. The van der Waals surface area contributed by atoms with Crippen molar-refractivity contribution in [3.8, 4) is 0 Å². The average molecular weight is 275 g/mol. The Morgan fingerprint density at radius 1 is 1.20 bits per heavy atom. The van der Waals surface area contributed by atoms with Crippen LogP contribution in [0.5, 0.6) is 0 Å². The maximum absolute atomic E-state index is 5.97. The molecule has 2 aliphatic carbocycles. The van der Waals surface area contributed by atoms with Gasteiger partial charge in [-0.25, -0.2) is 0 Å². The summed E-state index contributed by atoms with van der Waals surface area (Å²) < 4.78 is 2.23. The van der Waals surface area contributed by atoms with E-state index < -0.39 is 0 Å². The Labute approximate surface area is 122 Å². The molecule has 3 rings (SSSR count). The third-order valence-corrected chi connectivity index (χ3v) is 5.54. The van der Waals surface area contributed by atoms with Crippen molar-refractivity contribution in [1.82, 2.24) is 9.78 Å². The molecule has 3 nitrogen and oxygen atoms in total. The van der Waals surface area contributed by atoms with Crippen LogP contribution in [-0.4, -0.2) is 16.3 Å². The van der Waals surface area contributed by atoms with E-state index in [1.807, 2.05) is 0 Å². The number of rotatable bonds is 4. The molecule has 3 atom stereocenters. The molecule has 0 aromatic carbocycles. The molecule has 1 aromatic heterocycles. The maximum Gasteiger partial charge on any atom is 0.0627 e. The van der Waals surface area contributed by atoms with E-state index in [9.17, 15) is 0 Å². The lowest BCUT2D eigenvalue weighted by atomic mass is 9.73. The Hall–Kier alpha value is -0.830. The van der Waals surface area contributed by atoms with Gasteiger partial charge in [0.15, 0.2) is 0 Å². The number of nitrogens with two attached hydrogens (primary N) is 1. The van der Waals surface area contributed by atoms with Gasteiger partial charge in [0, 0.05) is 6.20 Å². The molecule has 2 N–H and O–H groups in total. The summed E-state index contributed by atoms with van der Waals surface area (Å²) in [6, 6.07) is 2.91. The van der Waals surface area contributed by atoms with Crippen LogP contribution < -0.4 is 5.73 Å². The van der Waals surface area contributed by atoms with Gasteiger partial charge in [-0.05, 0) is 62.5 Å². The average Bonchev–Trinajstić information content (AvgIpc) is 3.09. The van der Waals surface area contributed by atoms with Gasteiger partial charge in [-0.15, -0.1) is 0 Å². The normalized spacial score (nSPS) is 31.8. The van der Waals surface area contributed by atoms with Gasteiger partial charge in [0.25, 0.3) is 0 Å². The number of hydrogen-bond acceptors (Lipinski definition) is 2. The molecule has 0 aliphatic heterocycles. The summed E-state index contributed by atoms with van der Waals surface area (Å²) in [5, 5.41) is 4.86. The van der Waals surface area contributed by atoms with Gasteiger partial charge in [-0.2, -0.15) is 5.10 Å². The lowest BCUT2D eigenvalue weighted by molar-refractivity contribution is 0.192. The molecular weight excluding hydrogens is 246 g/mol. The minimum absolute atomic E-state index is 0.666. The summed E-state index contributed by atoms with van der Waals surface area (Å²) in [5.74, 6) is 2.32. The second kappa shape index (κ2) is 6.30. The van der Waals surface area contributed by atoms with E-state index in [1.165, 1.54) is 50.6 Å². The van der Waals surface area contributed by atoms with Crippen LogP contribution in [0.25, 0.3) is 0 Å². The van der Waals surface area contributed by atoms with Crippen molar-refractivity contribution < 1.29 is 0 Å². The van der Waals surface area contributed by atoms with Crippen LogP contribution in [0.1, 0.15) is 63.6 Å². The zero-order valence-corrected chi connectivity index (χ0v) is 12.8. The van der Waals surface area contributed by atoms with Gasteiger partial charge in [-0.3, -0.25) is 4.68 Å². The molecule has 112 valence electrons. The highest BCUT2D eigenvalue weighted by atomic mass is 15.3. The second-order valence-corrected chi connectivity index (χ2v) is 7.10. The molecule has 2 fully saturated rings. The Morgan fingerprint density at radius 3 is 2.75 bits per heavy atom. The molecule has 0 saturated heterocycles. The van der Waals surface area contributed by atoms with Crippen molar-refractivity contribution in [3.05, 3.63) is 18.0 Å². The summed E-state index contributed by atoms with van der Waals surface area (Å²) >= 11 is 0. The van der Waals surface area contributed by atoms with Crippen molar-refractivity contribution in [2.24, 2.45) is 23.5 Å². The summed E-state index contributed by atoms with van der Waals surface area (Å²) in [6.07, 6.45) is 12.7. The maximum atomic E-state index is 5.97. The van der Waals surface area contributed by atoms with Gasteiger partial charge in [0.05, 0.1) is 11.7 Å². The van der Waals surface area contributed by atoms with Crippen molar-refractivity contribution in [3.63, 3.8) is 0 Å². The third kappa shape index (κ3) is 3.08. The number of hydrogen-bond donors (Lipinski definition) is 1. The first-order valence-electron chi connectivity index (χ1n) is 8.50. The van der Waals surface area contributed by atoms with Crippen molar-refractivity contribution >= 4 is 0 Å². The van der Waals surface area contributed by atoms with Gasteiger partial charge < -0.3 is 5.73 Å². The first kappa shape index (κ1) is 14.1. The number of aromatic nitrogens is 2. The Morgan fingerprint density at radius 2 is 2.00 bits per heavy atom. The molecular formula is C17H29N3. The van der Waals surface area contributed by atoms with Crippen LogP contribution in [0.3, 0.4) is 0 Å². The Balaban J connectivity index is 1.64. The monoisotopic (exact) mass is 275 g/mol. The predicted octanol–water partition coefficient (Wildman–Crippen LogP) is 3.55. The Bertz CT molecular complexity index is 420. The van der Waals surface area contributed by atoms with Gasteiger partial charge in [-0.1, -0.05) is 26.2 Å². The molecule has 2 aliphatic rings.